The Morgan fingerprint density at radius 1 is 0.318 bits per heavy atom. The Kier molecular flexibility index (Phi) is 6.70. The van der Waals surface area contributed by atoms with Crippen LogP contribution in [0.4, 0.5) is 0 Å². The summed E-state index contributed by atoms with van der Waals surface area (Å²) in [6.07, 6.45) is 0. The highest BCUT2D eigenvalue weighted by Crippen LogP contribution is 2.48. The van der Waals surface area contributed by atoms with Crippen LogP contribution in [0.25, 0.3) is 65.7 Å². The first-order chi connectivity index (χ1) is 21.1. The molecule has 0 fully saturated rings. The minimum atomic E-state index is 0.0304. The van der Waals surface area contributed by atoms with Gasteiger partial charge in [-0.05, 0) is 99.8 Å². The van der Waals surface area contributed by atoms with Gasteiger partial charge in [-0.2, -0.15) is 0 Å². The molecule has 7 aromatic rings. The molecule has 0 saturated heterocycles. The molecule has 0 heteroatoms. The molecule has 0 aliphatic heterocycles. The smallest absolute Gasteiger partial charge is 0.00200 e. The lowest BCUT2D eigenvalue weighted by atomic mass is 9.78. The maximum atomic E-state index is 2.47. The van der Waals surface area contributed by atoms with Crippen molar-refractivity contribution in [1.29, 1.82) is 0 Å². The van der Waals surface area contributed by atoms with Crippen molar-refractivity contribution < 1.29 is 0 Å². The van der Waals surface area contributed by atoms with Gasteiger partial charge >= 0.3 is 0 Å². The lowest BCUT2D eigenvalue weighted by Crippen LogP contribution is -2.11. The second-order valence-electron chi connectivity index (χ2n) is 14.2. The lowest BCUT2D eigenvalue weighted by Gasteiger charge is -2.25. The van der Waals surface area contributed by atoms with Gasteiger partial charge in [0.1, 0.15) is 0 Å². The Morgan fingerprint density at radius 2 is 0.750 bits per heavy atom. The molecule has 7 aromatic carbocycles. The molecule has 0 heterocycles. The van der Waals surface area contributed by atoms with Crippen LogP contribution < -0.4 is 0 Å². The van der Waals surface area contributed by atoms with Crippen molar-refractivity contribution in [3.63, 3.8) is 0 Å². The first-order valence-electron chi connectivity index (χ1n) is 15.8. The van der Waals surface area contributed by atoms with Gasteiger partial charge in [0.25, 0.3) is 0 Å². The van der Waals surface area contributed by atoms with E-state index in [1.54, 1.807) is 0 Å². The van der Waals surface area contributed by atoms with Gasteiger partial charge in [0.15, 0.2) is 0 Å². The van der Waals surface area contributed by atoms with E-state index >= 15 is 0 Å². The van der Waals surface area contributed by atoms with Crippen molar-refractivity contribution in [3.8, 4) is 33.4 Å². The van der Waals surface area contributed by atoms with E-state index in [0.29, 0.717) is 0 Å². The zero-order chi connectivity index (χ0) is 30.6. The van der Waals surface area contributed by atoms with E-state index in [1.807, 2.05) is 0 Å². The summed E-state index contributed by atoms with van der Waals surface area (Å²) in [6.45, 7) is 13.9. The molecule has 0 radical (unpaired) electrons. The first-order valence-corrected chi connectivity index (χ1v) is 15.8. The van der Waals surface area contributed by atoms with Crippen LogP contribution in [0, 0.1) is 0 Å². The molecular formula is C44H40. The van der Waals surface area contributed by atoms with Crippen LogP contribution in [0.3, 0.4) is 0 Å². The highest BCUT2D eigenvalue weighted by Gasteiger charge is 2.23. The monoisotopic (exact) mass is 568 g/mol. The van der Waals surface area contributed by atoms with Gasteiger partial charge in [-0.3, -0.25) is 0 Å². The third-order valence-corrected chi connectivity index (χ3v) is 9.19. The van der Waals surface area contributed by atoms with Gasteiger partial charge in [0.2, 0.25) is 0 Å². The maximum Gasteiger partial charge on any atom is -0.00200 e. The molecule has 0 spiro atoms. The summed E-state index contributed by atoms with van der Waals surface area (Å²) >= 11 is 0. The SMILES string of the molecule is CC(C)(C)c1ccc2c(-c3ccc(-c4ccccc4)c4ccccc34)c3cc(C(C)(C)C)ccc3c(-c3ccccc3)c2c1. The molecule has 44 heavy (non-hydrogen) atoms. The number of fused-ring (bicyclic) bond motifs is 3. The lowest BCUT2D eigenvalue weighted by molar-refractivity contribution is 0.590. The normalized spacial score (nSPS) is 12.3. The van der Waals surface area contributed by atoms with Crippen LogP contribution in [0.1, 0.15) is 52.7 Å². The average molecular weight is 569 g/mol. The quantitative estimate of drug-likeness (QED) is 0.186. The van der Waals surface area contributed by atoms with E-state index < -0.39 is 0 Å². The maximum absolute atomic E-state index is 2.47. The van der Waals surface area contributed by atoms with Crippen LogP contribution in [0.5, 0.6) is 0 Å². The summed E-state index contributed by atoms with van der Waals surface area (Å²) in [5.41, 5.74) is 10.5. The van der Waals surface area contributed by atoms with Gasteiger partial charge in [-0.25, -0.2) is 0 Å². The summed E-state index contributed by atoms with van der Waals surface area (Å²) < 4.78 is 0. The molecular weight excluding hydrogens is 528 g/mol. The van der Waals surface area contributed by atoms with E-state index in [-0.39, 0.29) is 10.8 Å². The molecule has 0 unspecified atom stereocenters. The number of hydrogen-bond acceptors (Lipinski definition) is 0. The molecule has 0 bridgehead atoms. The van der Waals surface area contributed by atoms with Crippen LogP contribution in [0.15, 0.2) is 133 Å². The Balaban J connectivity index is 1.68. The fourth-order valence-electron chi connectivity index (χ4n) is 6.75. The van der Waals surface area contributed by atoms with E-state index in [9.17, 15) is 0 Å². The minimum Gasteiger partial charge on any atom is -0.0622 e. The summed E-state index contributed by atoms with van der Waals surface area (Å²) in [6, 6.07) is 49.7. The second kappa shape index (κ2) is 10.5. The number of benzene rings is 7. The van der Waals surface area contributed by atoms with Gasteiger partial charge in [-0.1, -0.05) is 163 Å². The molecule has 216 valence electrons. The van der Waals surface area contributed by atoms with Crippen molar-refractivity contribution in [2.24, 2.45) is 0 Å². The molecule has 0 saturated carbocycles. The van der Waals surface area contributed by atoms with Gasteiger partial charge in [0.05, 0.1) is 0 Å². The van der Waals surface area contributed by atoms with Crippen molar-refractivity contribution in [1.82, 2.24) is 0 Å². The van der Waals surface area contributed by atoms with Crippen LogP contribution in [-0.4, -0.2) is 0 Å². The van der Waals surface area contributed by atoms with Crippen LogP contribution in [0.2, 0.25) is 0 Å². The van der Waals surface area contributed by atoms with Gasteiger partial charge < -0.3 is 0 Å². The summed E-state index contributed by atoms with van der Waals surface area (Å²) in [4.78, 5) is 0. The molecule has 0 nitrogen and oxygen atoms in total. The van der Waals surface area contributed by atoms with Gasteiger partial charge in [-0.15, -0.1) is 0 Å². The topological polar surface area (TPSA) is 0 Å². The number of hydrogen-bond donors (Lipinski definition) is 0. The average Bonchev–Trinajstić information content (AvgIpc) is 3.02. The van der Waals surface area contributed by atoms with Crippen molar-refractivity contribution in [3.05, 3.63) is 145 Å². The largest absolute Gasteiger partial charge is 0.0622 e. The fraction of sp³-hybridized carbons (Fsp3) is 0.182. The fourth-order valence-corrected chi connectivity index (χ4v) is 6.75. The summed E-state index contributed by atoms with van der Waals surface area (Å²) in [7, 11) is 0. The Labute approximate surface area is 262 Å². The Morgan fingerprint density at radius 3 is 1.30 bits per heavy atom. The third-order valence-electron chi connectivity index (χ3n) is 9.19. The molecule has 0 aliphatic rings. The first kappa shape index (κ1) is 28.1. The second-order valence-corrected chi connectivity index (χ2v) is 14.2. The number of rotatable bonds is 3. The predicted molar refractivity (Wildman–Crippen MR) is 193 cm³/mol. The zero-order valence-corrected chi connectivity index (χ0v) is 26.7. The predicted octanol–water partition coefficient (Wildman–Crippen LogP) is 12.7. The van der Waals surface area contributed by atoms with E-state index in [0.717, 1.165) is 0 Å². The molecule has 0 atom stereocenters. The van der Waals surface area contributed by atoms with E-state index in [1.165, 1.54) is 76.8 Å². The summed E-state index contributed by atoms with van der Waals surface area (Å²) in [5, 5.41) is 7.78. The third kappa shape index (κ3) is 4.80. The van der Waals surface area contributed by atoms with Crippen molar-refractivity contribution in [2.45, 2.75) is 52.4 Å². The molecule has 0 amide bonds. The van der Waals surface area contributed by atoms with Crippen LogP contribution in [-0.2, 0) is 10.8 Å². The molecule has 0 aromatic heterocycles. The Bertz CT molecular complexity index is 2150. The minimum absolute atomic E-state index is 0.0304. The molecule has 7 rings (SSSR count). The van der Waals surface area contributed by atoms with Crippen molar-refractivity contribution >= 4 is 32.3 Å². The summed E-state index contributed by atoms with van der Waals surface area (Å²) in [5.74, 6) is 0. The zero-order valence-electron chi connectivity index (χ0n) is 26.7. The van der Waals surface area contributed by atoms with Gasteiger partial charge in [0, 0.05) is 0 Å². The van der Waals surface area contributed by atoms with Crippen LogP contribution >= 0.6 is 0 Å². The molecule has 0 aliphatic carbocycles. The molecule has 0 N–H and O–H groups in total. The van der Waals surface area contributed by atoms with Crippen molar-refractivity contribution in [2.75, 3.05) is 0 Å². The highest BCUT2D eigenvalue weighted by atomic mass is 14.3. The van der Waals surface area contributed by atoms with E-state index in [2.05, 4.69) is 175 Å². The van der Waals surface area contributed by atoms with E-state index in [4.69, 9.17) is 0 Å². The Hall–Kier alpha value is -4.68. The standard InChI is InChI=1S/C44H40/c1-43(2,3)31-22-24-38-39(27-31)41(30-17-11-8-12-18-30)37-23-21-32(44(4,5)6)28-40(37)42(38)36-26-25-33(29-15-9-7-10-16-29)34-19-13-14-20-35(34)36/h7-28H,1-6H3. The highest BCUT2D eigenvalue weighted by molar-refractivity contribution is 6.24.